The van der Waals surface area contributed by atoms with Gasteiger partial charge in [0, 0.05) is 6.04 Å². The van der Waals surface area contributed by atoms with E-state index in [1.807, 2.05) is 0 Å². The lowest BCUT2D eigenvalue weighted by Crippen LogP contribution is -2.11. The molecule has 0 heterocycles. The third kappa shape index (κ3) is 2.38. The van der Waals surface area contributed by atoms with Gasteiger partial charge in [-0.05, 0) is 49.4 Å². The maximum absolute atomic E-state index is 6.00. The molecule has 0 bridgehead atoms. The van der Waals surface area contributed by atoms with E-state index < -0.39 is 0 Å². The second-order valence-corrected chi connectivity index (χ2v) is 4.72. The standard InChI is InChI=1S/C14H21NO/c1-3-4-10(2)16-12-6-7-13-11(9-12)5-8-14(13)15/h6-7,9-10,14H,3-5,8,15H2,1-2H3/t10?,14-/m0/s1. The van der Waals surface area contributed by atoms with Crippen LogP contribution in [-0.2, 0) is 6.42 Å². The van der Waals surface area contributed by atoms with Gasteiger partial charge in [-0.2, -0.15) is 0 Å². The van der Waals surface area contributed by atoms with Crippen LogP contribution in [0.5, 0.6) is 5.75 Å². The lowest BCUT2D eigenvalue weighted by Gasteiger charge is -2.15. The number of aryl methyl sites for hydroxylation is 1. The molecule has 2 N–H and O–H groups in total. The van der Waals surface area contributed by atoms with E-state index in [1.54, 1.807) is 0 Å². The number of nitrogens with two attached hydrogens (primary N) is 1. The highest BCUT2D eigenvalue weighted by Gasteiger charge is 2.19. The van der Waals surface area contributed by atoms with Crippen LogP contribution in [0.15, 0.2) is 18.2 Å². The van der Waals surface area contributed by atoms with E-state index >= 15 is 0 Å². The van der Waals surface area contributed by atoms with Gasteiger partial charge < -0.3 is 10.5 Å². The minimum absolute atomic E-state index is 0.233. The molecule has 0 aromatic heterocycles. The smallest absolute Gasteiger partial charge is 0.119 e. The monoisotopic (exact) mass is 219 g/mol. The Kier molecular flexibility index (Phi) is 3.49. The highest BCUT2D eigenvalue weighted by molar-refractivity contribution is 5.40. The first-order valence-corrected chi connectivity index (χ1v) is 6.25. The second-order valence-electron chi connectivity index (χ2n) is 4.72. The van der Waals surface area contributed by atoms with Crippen molar-refractivity contribution in [3.05, 3.63) is 29.3 Å². The zero-order valence-corrected chi connectivity index (χ0v) is 10.2. The third-order valence-corrected chi connectivity index (χ3v) is 3.27. The zero-order valence-electron chi connectivity index (χ0n) is 10.2. The molecule has 2 heteroatoms. The minimum atomic E-state index is 0.233. The van der Waals surface area contributed by atoms with Crippen LogP contribution in [-0.4, -0.2) is 6.10 Å². The normalized spacial score (nSPS) is 20.6. The van der Waals surface area contributed by atoms with Crippen molar-refractivity contribution in [2.75, 3.05) is 0 Å². The summed E-state index contributed by atoms with van der Waals surface area (Å²) in [5.41, 5.74) is 8.68. The zero-order chi connectivity index (χ0) is 11.5. The molecular formula is C14H21NO. The molecule has 2 nitrogen and oxygen atoms in total. The quantitative estimate of drug-likeness (QED) is 0.844. The van der Waals surface area contributed by atoms with E-state index in [1.165, 1.54) is 11.1 Å². The van der Waals surface area contributed by atoms with Gasteiger partial charge in [0.1, 0.15) is 5.75 Å². The summed E-state index contributed by atoms with van der Waals surface area (Å²) >= 11 is 0. The second kappa shape index (κ2) is 4.88. The summed E-state index contributed by atoms with van der Waals surface area (Å²) in [5, 5.41) is 0. The highest BCUT2D eigenvalue weighted by atomic mass is 16.5. The largest absolute Gasteiger partial charge is 0.491 e. The van der Waals surface area contributed by atoms with Gasteiger partial charge >= 0.3 is 0 Å². The summed E-state index contributed by atoms with van der Waals surface area (Å²) in [4.78, 5) is 0. The van der Waals surface area contributed by atoms with Gasteiger partial charge in [-0.3, -0.25) is 0 Å². The lowest BCUT2D eigenvalue weighted by atomic mass is 10.1. The van der Waals surface area contributed by atoms with Crippen molar-refractivity contribution in [3.63, 3.8) is 0 Å². The number of ether oxygens (including phenoxy) is 1. The van der Waals surface area contributed by atoms with Gasteiger partial charge in [0.2, 0.25) is 0 Å². The van der Waals surface area contributed by atoms with Crippen LogP contribution in [0, 0.1) is 0 Å². The summed E-state index contributed by atoms with van der Waals surface area (Å²) < 4.78 is 5.87. The fourth-order valence-electron chi connectivity index (χ4n) is 2.40. The van der Waals surface area contributed by atoms with Crippen LogP contribution in [0.2, 0.25) is 0 Å². The number of hydrogen-bond acceptors (Lipinski definition) is 2. The predicted octanol–water partition coefficient (Wildman–Crippen LogP) is 3.20. The van der Waals surface area contributed by atoms with E-state index in [0.717, 1.165) is 31.4 Å². The molecule has 0 saturated heterocycles. The van der Waals surface area contributed by atoms with Crippen molar-refractivity contribution in [2.45, 2.75) is 51.7 Å². The molecule has 1 unspecified atom stereocenters. The summed E-state index contributed by atoms with van der Waals surface area (Å²) in [6.07, 6.45) is 4.74. The Morgan fingerprint density at radius 1 is 1.50 bits per heavy atom. The van der Waals surface area contributed by atoms with E-state index in [2.05, 4.69) is 32.0 Å². The van der Waals surface area contributed by atoms with Gasteiger partial charge in [0.25, 0.3) is 0 Å². The number of rotatable bonds is 4. The Morgan fingerprint density at radius 2 is 2.31 bits per heavy atom. The van der Waals surface area contributed by atoms with Crippen molar-refractivity contribution < 1.29 is 4.74 Å². The Bertz CT molecular complexity index is 362. The molecule has 0 fully saturated rings. The first kappa shape index (κ1) is 11.5. The van der Waals surface area contributed by atoms with E-state index in [0.29, 0.717) is 6.10 Å². The van der Waals surface area contributed by atoms with Crippen LogP contribution >= 0.6 is 0 Å². The van der Waals surface area contributed by atoms with E-state index in [-0.39, 0.29) is 6.04 Å². The summed E-state index contributed by atoms with van der Waals surface area (Å²) in [6.45, 7) is 4.31. The predicted molar refractivity (Wildman–Crippen MR) is 66.7 cm³/mol. The fourth-order valence-corrected chi connectivity index (χ4v) is 2.40. The average molecular weight is 219 g/mol. The van der Waals surface area contributed by atoms with Crippen LogP contribution in [0.4, 0.5) is 0 Å². The first-order valence-electron chi connectivity index (χ1n) is 6.25. The molecule has 2 atom stereocenters. The molecule has 1 aromatic rings. The summed E-state index contributed by atoms with van der Waals surface area (Å²) in [7, 11) is 0. The molecule has 1 aliphatic rings. The van der Waals surface area contributed by atoms with Crippen LogP contribution in [0.1, 0.15) is 50.3 Å². The SMILES string of the molecule is CCCC(C)Oc1ccc2c(c1)CC[C@@H]2N. The van der Waals surface area contributed by atoms with E-state index in [9.17, 15) is 0 Å². The number of benzene rings is 1. The highest BCUT2D eigenvalue weighted by Crippen LogP contribution is 2.32. The maximum Gasteiger partial charge on any atom is 0.119 e. The van der Waals surface area contributed by atoms with Gasteiger partial charge in [-0.1, -0.05) is 19.4 Å². The number of hydrogen-bond donors (Lipinski definition) is 1. The van der Waals surface area contributed by atoms with Crippen LogP contribution in [0.25, 0.3) is 0 Å². The molecular weight excluding hydrogens is 198 g/mol. The summed E-state index contributed by atoms with van der Waals surface area (Å²) in [5.74, 6) is 0.994. The molecule has 0 spiro atoms. The van der Waals surface area contributed by atoms with Crippen molar-refractivity contribution in [1.82, 2.24) is 0 Å². The number of fused-ring (bicyclic) bond motifs is 1. The lowest BCUT2D eigenvalue weighted by molar-refractivity contribution is 0.210. The molecule has 16 heavy (non-hydrogen) atoms. The third-order valence-electron chi connectivity index (χ3n) is 3.27. The van der Waals surface area contributed by atoms with Crippen LogP contribution in [0.3, 0.4) is 0 Å². The van der Waals surface area contributed by atoms with Gasteiger partial charge in [-0.25, -0.2) is 0 Å². The van der Waals surface area contributed by atoms with E-state index in [4.69, 9.17) is 10.5 Å². The Morgan fingerprint density at radius 3 is 3.06 bits per heavy atom. The summed E-state index contributed by atoms with van der Waals surface area (Å²) in [6, 6.07) is 6.57. The Hall–Kier alpha value is -1.02. The molecule has 88 valence electrons. The van der Waals surface area contributed by atoms with Crippen molar-refractivity contribution in [3.8, 4) is 5.75 Å². The Balaban J connectivity index is 2.07. The fraction of sp³-hybridized carbons (Fsp3) is 0.571. The van der Waals surface area contributed by atoms with Crippen molar-refractivity contribution in [1.29, 1.82) is 0 Å². The molecule has 2 rings (SSSR count). The van der Waals surface area contributed by atoms with Gasteiger partial charge in [0.05, 0.1) is 6.10 Å². The molecule has 0 radical (unpaired) electrons. The van der Waals surface area contributed by atoms with Crippen molar-refractivity contribution in [2.24, 2.45) is 5.73 Å². The van der Waals surface area contributed by atoms with Gasteiger partial charge in [-0.15, -0.1) is 0 Å². The maximum atomic E-state index is 6.00. The van der Waals surface area contributed by atoms with Crippen LogP contribution < -0.4 is 10.5 Å². The molecule has 0 saturated carbocycles. The molecule has 0 amide bonds. The molecule has 0 aliphatic heterocycles. The topological polar surface area (TPSA) is 35.2 Å². The molecule has 1 aliphatic carbocycles. The van der Waals surface area contributed by atoms with Crippen molar-refractivity contribution >= 4 is 0 Å². The average Bonchev–Trinajstić information content (AvgIpc) is 2.60. The minimum Gasteiger partial charge on any atom is -0.491 e. The Labute approximate surface area is 97.8 Å². The first-order chi connectivity index (χ1) is 7.70. The molecule has 1 aromatic carbocycles. The van der Waals surface area contributed by atoms with Gasteiger partial charge in [0.15, 0.2) is 0 Å².